The first-order chi connectivity index (χ1) is 8.45. The Morgan fingerprint density at radius 2 is 1.22 bits per heavy atom. The van der Waals surface area contributed by atoms with Crippen molar-refractivity contribution in [2.75, 3.05) is 9.80 Å². The summed E-state index contributed by atoms with van der Waals surface area (Å²) in [7, 11) is 0. The largest absolute Gasteiger partial charge is 0.306 e. The van der Waals surface area contributed by atoms with Crippen LogP contribution in [0.4, 0.5) is 11.4 Å². The molecule has 0 radical (unpaired) electrons. The number of benzene rings is 1. The minimum atomic E-state index is -0.0266. The average molecular weight is 246 g/mol. The minimum Gasteiger partial charge on any atom is -0.306 e. The zero-order valence-electron chi connectivity index (χ0n) is 11.2. The summed E-state index contributed by atoms with van der Waals surface area (Å²) in [6.45, 7) is 7.06. The maximum Gasteiger partial charge on any atom is 0.224 e. The van der Waals surface area contributed by atoms with Crippen LogP contribution in [-0.4, -0.2) is 23.9 Å². The van der Waals surface area contributed by atoms with Gasteiger partial charge < -0.3 is 9.80 Å². The fourth-order valence-electron chi connectivity index (χ4n) is 2.65. The number of carbonyl (C=O) groups excluding carboxylic acids is 2. The lowest BCUT2D eigenvalue weighted by Crippen LogP contribution is -2.56. The molecule has 1 aliphatic heterocycles. The van der Waals surface area contributed by atoms with Crippen molar-refractivity contribution >= 4 is 23.2 Å². The first kappa shape index (κ1) is 12.6. The van der Waals surface area contributed by atoms with E-state index in [9.17, 15) is 9.59 Å². The predicted octanol–water partition coefficient (Wildman–Crippen LogP) is 2.18. The van der Waals surface area contributed by atoms with E-state index in [0.29, 0.717) is 0 Å². The van der Waals surface area contributed by atoms with Gasteiger partial charge in [0.15, 0.2) is 0 Å². The van der Waals surface area contributed by atoms with E-state index < -0.39 is 0 Å². The average Bonchev–Trinajstić information content (AvgIpc) is 2.29. The Kier molecular flexibility index (Phi) is 3.11. The van der Waals surface area contributed by atoms with Gasteiger partial charge in [0.05, 0.1) is 23.5 Å². The summed E-state index contributed by atoms with van der Waals surface area (Å²) in [5.74, 6) is 0.00926. The van der Waals surface area contributed by atoms with Gasteiger partial charge in [-0.05, 0) is 26.0 Å². The van der Waals surface area contributed by atoms with E-state index >= 15 is 0 Å². The molecule has 0 spiro atoms. The molecule has 0 saturated heterocycles. The lowest BCUT2D eigenvalue weighted by molar-refractivity contribution is -0.119. The lowest BCUT2D eigenvalue weighted by atomic mass is 10.0. The lowest BCUT2D eigenvalue weighted by Gasteiger charge is -2.45. The smallest absolute Gasteiger partial charge is 0.224 e. The van der Waals surface area contributed by atoms with E-state index in [1.807, 2.05) is 38.1 Å². The van der Waals surface area contributed by atoms with Crippen LogP contribution in [0.15, 0.2) is 24.3 Å². The Morgan fingerprint density at radius 1 is 0.889 bits per heavy atom. The van der Waals surface area contributed by atoms with Crippen molar-refractivity contribution in [1.82, 2.24) is 0 Å². The second-order valence-corrected chi connectivity index (χ2v) is 4.75. The molecule has 1 aromatic rings. The van der Waals surface area contributed by atoms with Gasteiger partial charge >= 0.3 is 0 Å². The molecule has 4 nitrogen and oxygen atoms in total. The SMILES string of the molecule is CC(=O)N1c2ccccc2N(C(C)=O)[C@@H](C)[C@H]1C. The third-order valence-corrected chi connectivity index (χ3v) is 3.59. The van der Waals surface area contributed by atoms with Crippen LogP contribution in [0.3, 0.4) is 0 Å². The maximum atomic E-state index is 11.8. The summed E-state index contributed by atoms with van der Waals surface area (Å²) in [6.07, 6.45) is 0. The summed E-state index contributed by atoms with van der Waals surface area (Å²) in [5.41, 5.74) is 1.62. The molecule has 1 heterocycles. The zero-order chi connectivity index (χ0) is 13.4. The zero-order valence-corrected chi connectivity index (χ0v) is 11.2. The summed E-state index contributed by atoms with van der Waals surface area (Å²) < 4.78 is 0. The van der Waals surface area contributed by atoms with Crippen LogP contribution in [0.5, 0.6) is 0 Å². The first-order valence-corrected chi connectivity index (χ1v) is 6.13. The summed E-state index contributed by atoms with van der Waals surface area (Å²) in [5, 5.41) is 0. The highest BCUT2D eigenvalue weighted by Gasteiger charge is 2.37. The van der Waals surface area contributed by atoms with Gasteiger partial charge in [-0.3, -0.25) is 9.59 Å². The highest BCUT2D eigenvalue weighted by Crippen LogP contribution is 2.38. The van der Waals surface area contributed by atoms with Gasteiger partial charge in [0.1, 0.15) is 0 Å². The molecule has 96 valence electrons. The molecule has 2 amide bonds. The fraction of sp³-hybridized carbons (Fsp3) is 0.429. The van der Waals surface area contributed by atoms with Gasteiger partial charge in [0.25, 0.3) is 0 Å². The topological polar surface area (TPSA) is 40.6 Å². The van der Waals surface area contributed by atoms with Crippen LogP contribution in [0, 0.1) is 0 Å². The number of amides is 2. The molecule has 2 atom stereocenters. The highest BCUT2D eigenvalue weighted by atomic mass is 16.2. The van der Waals surface area contributed by atoms with Crippen LogP contribution in [0.25, 0.3) is 0 Å². The molecule has 0 aromatic heterocycles. The number of hydrogen-bond donors (Lipinski definition) is 0. The standard InChI is InChI=1S/C14H18N2O2/c1-9-10(2)16(12(4)18)14-8-6-5-7-13(14)15(9)11(3)17/h5-10H,1-4H3/t9-,10+. The highest BCUT2D eigenvalue weighted by molar-refractivity contribution is 6.03. The Balaban J connectivity index is 2.62. The third-order valence-electron chi connectivity index (χ3n) is 3.59. The number of para-hydroxylation sites is 2. The fourth-order valence-corrected chi connectivity index (χ4v) is 2.65. The van der Waals surface area contributed by atoms with Gasteiger partial charge in [-0.15, -0.1) is 0 Å². The van der Waals surface area contributed by atoms with Gasteiger partial charge in [-0.25, -0.2) is 0 Å². The number of rotatable bonds is 0. The molecule has 0 fully saturated rings. The molecule has 4 heteroatoms. The van der Waals surface area contributed by atoms with Crippen LogP contribution in [0.1, 0.15) is 27.7 Å². The van der Waals surface area contributed by atoms with Crippen molar-refractivity contribution in [1.29, 1.82) is 0 Å². The second kappa shape index (κ2) is 4.44. The maximum absolute atomic E-state index is 11.8. The molecular formula is C14H18N2O2. The molecule has 0 unspecified atom stereocenters. The van der Waals surface area contributed by atoms with E-state index in [-0.39, 0.29) is 23.9 Å². The number of nitrogens with zero attached hydrogens (tertiary/aromatic N) is 2. The van der Waals surface area contributed by atoms with Crippen LogP contribution in [0.2, 0.25) is 0 Å². The molecule has 0 bridgehead atoms. The van der Waals surface area contributed by atoms with Crippen LogP contribution < -0.4 is 9.80 Å². The number of fused-ring (bicyclic) bond motifs is 1. The van der Waals surface area contributed by atoms with E-state index in [2.05, 4.69) is 0 Å². The van der Waals surface area contributed by atoms with Crippen LogP contribution in [-0.2, 0) is 9.59 Å². The molecule has 18 heavy (non-hydrogen) atoms. The molecular weight excluding hydrogens is 228 g/mol. The monoisotopic (exact) mass is 246 g/mol. The summed E-state index contributed by atoms with van der Waals surface area (Å²) >= 11 is 0. The van der Waals surface area contributed by atoms with E-state index in [0.717, 1.165) is 11.4 Å². The quantitative estimate of drug-likeness (QED) is 0.704. The van der Waals surface area contributed by atoms with Crippen molar-refractivity contribution in [3.8, 4) is 0 Å². The van der Waals surface area contributed by atoms with Crippen LogP contribution >= 0.6 is 0 Å². The molecule has 2 rings (SSSR count). The molecule has 1 aromatic carbocycles. The van der Waals surface area contributed by atoms with E-state index in [1.54, 1.807) is 23.6 Å². The Bertz CT molecular complexity index is 453. The van der Waals surface area contributed by atoms with Gasteiger partial charge in [-0.2, -0.15) is 0 Å². The third kappa shape index (κ3) is 1.78. The Hall–Kier alpha value is -1.84. The van der Waals surface area contributed by atoms with Gasteiger partial charge in [-0.1, -0.05) is 12.1 Å². The predicted molar refractivity (Wildman–Crippen MR) is 71.7 cm³/mol. The first-order valence-electron chi connectivity index (χ1n) is 6.13. The number of carbonyl (C=O) groups is 2. The Labute approximate surface area is 107 Å². The van der Waals surface area contributed by atoms with E-state index in [4.69, 9.17) is 0 Å². The second-order valence-electron chi connectivity index (χ2n) is 4.75. The number of hydrogen-bond acceptors (Lipinski definition) is 2. The van der Waals surface area contributed by atoms with Crippen molar-refractivity contribution < 1.29 is 9.59 Å². The van der Waals surface area contributed by atoms with Crippen molar-refractivity contribution in [2.24, 2.45) is 0 Å². The van der Waals surface area contributed by atoms with E-state index in [1.165, 1.54) is 0 Å². The number of anilines is 2. The molecule has 0 saturated carbocycles. The summed E-state index contributed by atoms with van der Waals surface area (Å²) in [4.78, 5) is 27.2. The van der Waals surface area contributed by atoms with Crippen molar-refractivity contribution in [3.63, 3.8) is 0 Å². The van der Waals surface area contributed by atoms with Crippen molar-refractivity contribution in [3.05, 3.63) is 24.3 Å². The molecule has 1 aliphatic rings. The van der Waals surface area contributed by atoms with Gasteiger partial charge in [0, 0.05) is 13.8 Å². The van der Waals surface area contributed by atoms with Gasteiger partial charge in [0.2, 0.25) is 11.8 Å². The van der Waals surface area contributed by atoms with Crippen molar-refractivity contribution in [2.45, 2.75) is 39.8 Å². The molecule has 0 aliphatic carbocycles. The summed E-state index contributed by atoms with van der Waals surface area (Å²) in [6, 6.07) is 7.48. The molecule has 0 N–H and O–H groups in total. The minimum absolute atomic E-state index is 0.00463. The Morgan fingerprint density at radius 3 is 1.50 bits per heavy atom. The normalized spacial score (nSPS) is 22.7.